The lowest BCUT2D eigenvalue weighted by Gasteiger charge is -2.15. The van der Waals surface area contributed by atoms with Gasteiger partial charge >= 0.3 is 41.8 Å². The van der Waals surface area contributed by atoms with Crippen molar-refractivity contribution in [2.45, 2.75) is 109 Å². The first kappa shape index (κ1) is 47.4. The Bertz CT molecular complexity index is 1250. The summed E-state index contributed by atoms with van der Waals surface area (Å²) < 4.78 is 5.10. The van der Waals surface area contributed by atoms with Crippen LogP contribution in [-0.2, 0) is 44.9 Å². The van der Waals surface area contributed by atoms with Crippen LogP contribution in [-0.4, -0.2) is 107 Å². The Morgan fingerprint density at radius 2 is 0.827 bits per heavy atom. The molecule has 0 bridgehead atoms. The van der Waals surface area contributed by atoms with Crippen molar-refractivity contribution >= 4 is 41.8 Å². The van der Waals surface area contributed by atoms with Crippen molar-refractivity contribution in [2.24, 2.45) is 23.7 Å². The SMILES string of the molecule is O=C(CC(CCCC(CCC[C@H](O)C(=O)O)C(=O)O)C(=O)O)OCc1ccccc1.O=C(O)C(CCO)CCCC(CCC[C@H](O)C(=O)O)C(=O)O. The van der Waals surface area contributed by atoms with Crippen LogP contribution in [0.1, 0.15) is 95.5 Å². The van der Waals surface area contributed by atoms with Crippen molar-refractivity contribution in [3.63, 3.8) is 0 Å². The second-order valence-corrected chi connectivity index (χ2v) is 12.4. The van der Waals surface area contributed by atoms with Gasteiger partial charge in [-0.05, 0) is 76.2 Å². The molecule has 4 unspecified atom stereocenters. The highest BCUT2D eigenvalue weighted by molar-refractivity contribution is 5.78. The number of aliphatic carboxylic acids is 6. The minimum absolute atomic E-state index is 0.0125. The average Bonchev–Trinajstić information content (AvgIpc) is 3.08. The quantitative estimate of drug-likeness (QED) is 0.0557. The number of hydrogen-bond donors (Lipinski definition) is 9. The van der Waals surface area contributed by atoms with Crippen molar-refractivity contribution in [3.05, 3.63) is 35.9 Å². The molecule has 0 amide bonds. The molecule has 0 radical (unpaired) electrons. The highest BCUT2D eigenvalue weighted by Gasteiger charge is 2.25. The second kappa shape index (κ2) is 27.1. The minimum Gasteiger partial charge on any atom is -0.481 e. The van der Waals surface area contributed by atoms with Crippen LogP contribution in [0, 0.1) is 23.7 Å². The van der Waals surface area contributed by atoms with E-state index in [-0.39, 0.29) is 96.7 Å². The molecule has 9 N–H and O–H groups in total. The van der Waals surface area contributed by atoms with Crippen LogP contribution >= 0.6 is 0 Å². The molecule has 17 nitrogen and oxygen atoms in total. The summed E-state index contributed by atoms with van der Waals surface area (Å²) in [6.07, 6.45) is -0.780. The first-order valence-electron chi connectivity index (χ1n) is 17.0. The summed E-state index contributed by atoms with van der Waals surface area (Å²) in [7, 11) is 0. The maximum absolute atomic E-state index is 11.9. The summed E-state index contributed by atoms with van der Waals surface area (Å²) in [5.74, 6) is -10.7. The van der Waals surface area contributed by atoms with Crippen LogP contribution in [0.2, 0.25) is 0 Å². The maximum Gasteiger partial charge on any atom is 0.332 e. The van der Waals surface area contributed by atoms with Crippen LogP contribution in [0.3, 0.4) is 0 Å². The van der Waals surface area contributed by atoms with Gasteiger partial charge in [0.1, 0.15) is 6.61 Å². The summed E-state index contributed by atoms with van der Waals surface area (Å²) in [5, 5.41) is 80.9. The highest BCUT2D eigenvalue weighted by Crippen LogP contribution is 2.23. The fraction of sp³-hybridized carbons (Fsp3) is 0.629. The normalized spacial score (nSPS) is 14.3. The van der Waals surface area contributed by atoms with Crippen molar-refractivity contribution in [2.75, 3.05) is 6.61 Å². The third kappa shape index (κ3) is 22.3. The number of carbonyl (C=O) groups excluding carboxylic acids is 1. The zero-order valence-electron chi connectivity index (χ0n) is 29.0. The lowest BCUT2D eigenvalue weighted by molar-refractivity contribution is -0.152. The molecule has 0 aromatic heterocycles. The molecule has 294 valence electrons. The zero-order valence-corrected chi connectivity index (χ0v) is 29.0. The number of ether oxygens (including phenoxy) is 1. The number of carbonyl (C=O) groups is 7. The third-order valence-electron chi connectivity index (χ3n) is 8.37. The van der Waals surface area contributed by atoms with Gasteiger partial charge in [0.15, 0.2) is 12.2 Å². The van der Waals surface area contributed by atoms with Gasteiger partial charge in [0.2, 0.25) is 0 Å². The van der Waals surface area contributed by atoms with Gasteiger partial charge < -0.3 is 50.7 Å². The van der Waals surface area contributed by atoms with E-state index in [1.54, 1.807) is 24.3 Å². The summed E-state index contributed by atoms with van der Waals surface area (Å²) in [4.78, 5) is 77.7. The molecule has 1 aromatic rings. The molecule has 17 heteroatoms. The standard InChI is InChI=1S/C21H28O9.C14H24O8/c22-17(21(28)29)11-5-9-15(19(24)25)8-4-10-16(20(26)27)12-18(23)30-13-14-6-2-1-3-7-14;15-8-7-10(13(19)20)4-1-3-9(12(17)18)5-2-6-11(16)14(21)22/h1-3,6-7,15-17,22H,4-5,8-13H2,(H,24,25)(H,26,27)(H,28,29);9-11,15-16H,1-8H2,(H,17,18)(H,19,20)(H,21,22)/t15?,16?,17-;9?,10?,11-/m00/s1. The third-order valence-corrected chi connectivity index (χ3v) is 8.37. The summed E-state index contributed by atoms with van der Waals surface area (Å²) in [6, 6.07) is 8.98. The number of rotatable bonds is 28. The Kier molecular flexibility index (Phi) is 24.7. The predicted molar refractivity (Wildman–Crippen MR) is 180 cm³/mol. The predicted octanol–water partition coefficient (Wildman–Crippen LogP) is 2.86. The number of esters is 1. The van der Waals surface area contributed by atoms with Gasteiger partial charge in [0.05, 0.1) is 30.1 Å². The molecular formula is C35H52O17. The lowest BCUT2D eigenvalue weighted by Crippen LogP contribution is -2.21. The van der Waals surface area contributed by atoms with Crippen LogP contribution < -0.4 is 0 Å². The van der Waals surface area contributed by atoms with E-state index >= 15 is 0 Å². The Morgan fingerprint density at radius 3 is 1.17 bits per heavy atom. The molecule has 0 aliphatic carbocycles. The van der Waals surface area contributed by atoms with Gasteiger partial charge in [-0.1, -0.05) is 43.2 Å². The Balaban J connectivity index is 0.00000105. The van der Waals surface area contributed by atoms with E-state index in [0.717, 1.165) is 5.56 Å². The molecule has 0 spiro atoms. The van der Waals surface area contributed by atoms with Gasteiger partial charge in [-0.25, -0.2) is 9.59 Å². The molecule has 52 heavy (non-hydrogen) atoms. The number of aliphatic hydroxyl groups excluding tert-OH is 3. The molecular weight excluding hydrogens is 692 g/mol. The first-order valence-corrected chi connectivity index (χ1v) is 17.0. The molecule has 0 saturated heterocycles. The van der Waals surface area contributed by atoms with Gasteiger partial charge in [0, 0.05) is 6.61 Å². The maximum atomic E-state index is 11.9. The van der Waals surface area contributed by atoms with Crippen LogP contribution in [0.5, 0.6) is 0 Å². The fourth-order valence-electron chi connectivity index (χ4n) is 5.22. The topological polar surface area (TPSA) is 311 Å². The number of benzene rings is 1. The van der Waals surface area contributed by atoms with E-state index in [2.05, 4.69) is 0 Å². The summed E-state index contributed by atoms with van der Waals surface area (Å²) >= 11 is 0. The number of aliphatic hydroxyl groups is 3. The van der Waals surface area contributed by atoms with Crippen molar-refractivity contribution in [1.82, 2.24) is 0 Å². The van der Waals surface area contributed by atoms with Gasteiger partial charge in [-0.2, -0.15) is 0 Å². The Hall–Kier alpha value is -4.61. The average molecular weight is 745 g/mol. The molecule has 0 aliphatic heterocycles. The molecule has 6 atom stereocenters. The number of carboxylic acids is 6. The van der Waals surface area contributed by atoms with E-state index in [9.17, 15) is 48.9 Å². The fourth-order valence-corrected chi connectivity index (χ4v) is 5.22. The second-order valence-electron chi connectivity index (χ2n) is 12.4. The molecule has 1 aromatic carbocycles. The van der Waals surface area contributed by atoms with Crippen LogP contribution in [0.25, 0.3) is 0 Å². The summed E-state index contributed by atoms with van der Waals surface area (Å²) in [6.45, 7) is -0.179. The molecule has 1 rings (SSSR count). The zero-order chi connectivity index (χ0) is 39.6. The van der Waals surface area contributed by atoms with E-state index in [1.807, 2.05) is 6.07 Å². The van der Waals surface area contributed by atoms with Crippen LogP contribution in [0.4, 0.5) is 0 Å². The number of hydrogen-bond acceptors (Lipinski definition) is 11. The highest BCUT2D eigenvalue weighted by atomic mass is 16.5. The Labute approximate surface area is 300 Å². The van der Waals surface area contributed by atoms with E-state index < -0.39 is 77.7 Å². The van der Waals surface area contributed by atoms with E-state index in [1.165, 1.54) is 0 Å². The molecule has 0 fully saturated rings. The van der Waals surface area contributed by atoms with Gasteiger partial charge in [-0.15, -0.1) is 0 Å². The monoisotopic (exact) mass is 744 g/mol. The van der Waals surface area contributed by atoms with E-state index in [0.29, 0.717) is 6.42 Å². The van der Waals surface area contributed by atoms with Crippen molar-refractivity contribution in [3.8, 4) is 0 Å². The minimum atomic E-state index is -1.53. The Morgan fingerprint density at radius 1 is 0.481 bits per heavy atom. The largest absolute Gasteiger partial charge is 0.481 e. The number of carboxylic acid groups (broad SMARTS) is 6. The molecule has 0 aliphatic rings. The van der Waals surface area contributed by atoms with Crippen molar-refractivity contribution in [1.29, 1.82) is 0 Å². The summed E-state index contributed by atoms with van der Waals surface area (Å²) in [5.41, 5.74) is 0.787. The smallest absolute Gasteiger partial charge is 0.332 e. The van der Waals surface area contributed by atoms with E-state index in [4.69, 9.17) is 35.4 Å². The molecule has 0 saturated carbocycles. The van der Waals surface area contributed by atoms with Gasteiger partial charge in [-0.3, -0.25) is 24.0 Å². The van der Waals surface area contributed by atoms with Gasteiger partial charge in [0.25, 0.3) is 0 Å². The molecule has 0 heterocycles. The first-order chi connectivity index (χ1) is 24.5. The van der Waals surface area contributed by atoms with Crippen molar-refractivity contribution < 1.29 is 84.3 Å². The van der Waals surface area contributed by atoms with Crippen LogP contribution in [0.15, 0.2) is 30.3 Å². The lowest BCUT2D eigenvalue weighted by atomic mass is 9.91.